The molecule has 0 spiro atoms. The minimum Gasteiger partial charge on any atom is -0.211 e. The van der Waals surface area contributed by atoms with E-state index in [1.807, 2.05) is 0 Å². The van der Waals surface area contributed by atoms with Crippen molar-refractivity contribution < 1.29 is 4.79 Å². The number of hydrogen-bond acceptors (Lipinski definition) is 2. The fraction of sp³-hybridized carbons (Fsp3) is 0.857. The minimum absolute atomic E-state index is 0.0351. The lowest BCUT2D eigenvalue weighted by molar-refractivity contribution is 0.446. The van der Waals surface area contributed by atoms with E-state index in [4.69, 9.17) is 11.6 Å². The van der Waals surface area contributed by atoms with Gasteiger partial charge in [-0.25, -0.2) is 9.79 Å². The maximum atomic E-state index is 9.87. The van der Waals surface area contributed by atoms with Crippen molar-refractivity contribution >= 4 is 17.7 Å². The van der Waals surface area contributed by atoms with E-state index in [0.29, 0.717) is 0 Å². The Bertz CT molecular complexity index is 154. The first-order chi connectivity index (χ1) is 4.84. The first kappa shape index (κ1) is 7.77. The molecule has 2 atom stereocenters. The van der Waals surface area contributed by atoms with Crippen LogP contribution in [-0.4, -0.2) is 17.5 Å². The molecule has 0 aromatic heterocycles. The molecule has 3 heteroatoms. The first-order valence-electron chi connectivity index (χ1n) is 3.55. The van der Waals surface area contributed by atoms with Gasteiger partial charge in [0, 0.05) is 0 Å². The van der Waals surface area contributed by atoms with E-state index in [9.17, 15) is 4.79 Å². The van der Waals surface area contributed by atoms with Crippen LogP contribution in [0.4, 0.5) is 0 Å². The standard InChI is InChI=1S/C7H10ClNO/c8-6-3-1-2-4-7(6)9-5-10/h6-7H,1-4H2. The van der Waals surface area contributed by atoms with Gasteiger partial charge in [-0.3, -0.25) is 0 Å². The van der Waals surface area contributed by atoms with Gasteiger partial charge in [-0.2, -0.15) is 0 Å². The fourth-order valence-electron chi connectivity index (χ4n) is 1.28. The van der Waals surface area contributed by atoms with Gasteiger partial charge in [-0.05, 0) is 12.8 Å². The van der Waals surface area contributed by atoms with Gasteiger partial charge in [-0.15, -0.1) is 11.6 Å². The Balaban J connectivity index is 2.47. The maximum Gasteiger partial charge on any atom is 0.235 e. The Kier molecular flexibility index (Phi) is 2.91. The molecule has 1 aliphatic carbocycles. The lowest BCUT2D eigenvalue weighted by Gasteiger charge is -2.21. The zero-order valence-electron chi connectivity index (χ0n) is 5.72. The third-order valence-electron chi connectivity index (χ3n) is 1.87. The monoisotopic (exact) mass is 159 g/mol. The number of isocyanates is 1. The number of carbonyl (C=O) groups excluding carboxylic acids is 1. The summed E-state index contributed by atoms with van der Waals surface area (Å²) < 4.78 is 0. The minimum atomic E-state index is 0.0351. The first-order valence-corrected chi connectivity index (χ1v) is 3.99. The molecule has 1 fully saturated rings. The number of nitrogens with zero attached hydrogens (tertiary/aromatic N) is 1. The molecule has 0 aromatic carbocycles. The molecule has 10 heavy (non-hydrogen) atoms. The lowest BCUT2D eigenvalue weighted by atomic mass is 9.96. The van der Waals surface area contributed by atoms with Crippen molar-refractivity contribution in [1.82, 2.24) is 0 Å². The van der Waals surface area contributed by atoms with Gasteiger partial charge in [0.1, 0.15) is 0 Å². The zero-order chi connectivity index (χ0) is 7.40. The van der Waals surface area contributed by atoms with Crippen LogP contribution in [0.5, 0.6) is 0 Å². The van der Waals surface area contributed by atoms with E-state index in [-0.39, 0.29) is 11.4 Å². The summed E-state index contributed by atoms with van der Waals surface area (Å²) in [6.07, 6.45) is 5.79. The van der Waals surface area contributed by atoms with Gasteiger partial charge in [0.25, 0.3) is 0 Å². The van der Waals surface area contributed by atoms with Gasteiger partial charge in [0.2, 0.25) is 6.08 Å². The summed E-state index contributed by atoms with van der Waals surface area (Å²) >= 11 is 5.89. The van der Waals surface area contributed by atoms with E-state index >= 15 is 0 Å². The molecule has 0 aromatic rings. The second-order valence-electron chi connectivity index (χ2n) is 2.59. The van der Waals surface area contributed by atoms with Crippen molar-refractivity contribution in [2.24, 2.45) is 4.99 Å². The van der Waals surface area contributed by atoms with Crippen molar-refractivity contribution in [3.05, 3.63) is 0 Å². The lowest BCUT2D eigenvalue weighted by Crippen LogP contribution is -2.22. The molecule has 2 unspecified atom stereocenters. The summed E-state index contributed by atoms with van der Waals surface area (Å²) in [7, 11) is 0. The molecule has 0 N–H and O–H groups in total. The highest BCUT2D eigenvalue weighted by Crippen LogP contribution is 2.24. The smallest absolute Gasteiger partial charge is 0.211 e. The SMILES string of the molecule is O=C=NC1CCCCC1Cl. The average Bonchev–Trinajstić information content (AvgIpc) is 1.94. The Hall–Kier alpha value is -0.330. The predicted octanol–water partition coefficient (Wildman–Crippen LogP) is 1.87. The second kappa shape index (κ2) is 3.75. The highest BCUT2D eigenvalue weighted by Gasteiger charge is 2.21. The van der Waals surface area contributed by atoms with E-state index in [2.05, 4.69) is 4.99 Å². The molecule has 0 amide bonds. The van der Waals surface area contributed by atoms with Crippen molar-refractivity contribution in [3.63, 3.8) is 0 Å². The maximum absolute atomic E-state index is 9.87. The highest BCUT2D eigenvalue weighted by molar-refractivity contribution is 6.21. The van der Waals surface area contributed by atoms with Crippen molar-refractivity contribution in [2.45, 2.75) is 37.1 Å². The summed E-state index contributed by atoms with van der Waals surface area (Å²) in [5.41, 5.74) is 0. The molecule has 0 bridgehead atoms. The van der Waals surface area contributed by atoms with Gasteiger partial charge < -0.3 is 0 Å². The van der Waals surface area contributed by atoms with Gasteiger partial charge >= 0.3 is 0 Å². The van der Waals surface area contributed by atoms with Gasteiger partial charge in [0.15, 0.2) is 0 Å². The van der Waals surface area contributed by atoms with Gasteiger partial charge in [-0.1, -0.05) is 12.8 Å². The molecule has 0 saturated heterocycles. The Morgan fingerprint density at radius 1 is 1.40 bits per heavy atom. The van der Waals surface area contributed by atoms with Crippen molar-refractivity contribution in [2.75, 3.05) is 0 Å². The molecule has 0 heterocycles. The Morgan fingerprint density at radius 3 is 2.70 bits per heavy atom. The molecule has 1 rings (SSSR count). The highest BCUT2D eigenvalue weighted by atomic mass is 35.5. The van der Waals surface area contributed by atoms with E-state index in [1.54, 1.807) is 6.08 Å². The summed E-state index contributed by atoms with van der Waals surface area (Å²) in [5, 5.41) is 0.0650. The third kappa shape index (κ3) is 1.83. The quantitative estimate of drug-likeness (QED) is 0.326. The van der Waals surface area contributed by atoms with Crippen LogP contribution in [0.15, 0.2) is 4.99 Å². The van der Waals surface area contributed by atoms with Crippen LogP contribution >= 0.6 is 11.6 Å². The molecule has 56 valence electrons. The number of aliphatic imine (C=N–C) groups is 1. The molecule has 1 aliphatic rings. The summed E-state index contributed by atoms with van der Waals surface area (Å²) in [6, 6.07) is 0.0351. The van der Waals surface area contributed by atoms with E-state index < -0.39 is 0 Å². The second-order valence-corrected chi connectivity index (χ2v) is 3.15. The van der Waals surface area contributed by atoms with Crippen LogP contribution < -0.4 is 0 Å². The zero-order valence-corrected chi connectivity index (χ0v) is 6.47. The third-order valence-corrected chi connectivity index (χ3v) is 2.37. The van der Waals surface area contributed by atoms with Gasteiger partial charge in [0.05, 0.1) is 11.4 Å². The molecule has 0 aliphatic heterocycles. The summed E-state index contributed by atoms with van der Waals surface area (Å²) in [6.45, 7) is 0. The van der Waals surface area contributed by atoms with Crippen LogP contribution in [0.1, 0.15) is 25.7 Å². The molecular formula is C7H10ClNO. The number of hydrogen-bond donors (Lipinski definition) is 0. The summed E-state index contributed by atoms with van der Waals surface area (Å²) in [4.78, 5) is 13.5. The van der Waals surface area contributed by atoms with Crippen LogP contribution in [0.2, 0.25) is 0 Å². The number of alkyl halides is 1. The van der Waals surface area contributed by atoms with Crippen molar-refractivity contribution in [1.29, 1.82) is 0 Å². The number of halogens is 1. The van der Waals surface area contributed by atoms with E-state index in [0.717, 1.165) is 19.3 Å². The van der Waals surface area contributed by atoms with Crippen LogP contribution in [0.25, 0.3) is 0 Å². The largest absolute Gasteiger partial charge is 0.235 e. The predicted molar refractivity (Wildman–Crippen MR) is 40.0 cm³/mol. The molecule has 0 radical (unpaired) electrons. The molecule has 1 saturated carbocycles. The number of rotatable bonds is 1. The van der Waals surface area contributed by atoms with E-state index in [1.165, 1.54) is 6.42 Å². The fourth-order valence-corrected chi connectivity index (χ4v) is 1.62. The Labute approximate surface area is 65.3 Å². The topological polar surface area (TPSA) is 29.4 Å². The Morgan fingerprint density at radius 2 is 2.10 bits per heavy atom. The average molecular weight is 160 g/mol. The normalized spacial score (nSPS) is 32.9. The van der Waals surface area contributed by atoms with Crippen molar-refractivity contribution in [3.8, 4) is 0 Å². The molecular weight excluding hydrogens is 150 g/mol. The molecule has 2 nitrogen and oxygen atoms in total. The van der Waals surface area contributed by atoms with Crippen LogP contribution in [0, 0.1) is 0 Å². The van der Waals surface area contributed by atoms with Crippen LogP contribution in [-0.2, 0) is 4.79 Å². The summed E-state index contributed by atoms with van der Waals surface area (Å²) in [5.74, 6) is 0. The van der Waals surface area contributed by atoms with Crippen LogP contribution in [0.3, 0.4) is 0 Å².